The van der Waals surface area contributed by atoms with Gasteiger partial charge in [0.05, 0.1) is 5.69 Å². The number of anilines is 1. The molecule has 0 bridgehead atoms. The average Bonchev–Trinajstić information content (AvgIpc) is 2.15. The van der Waals surface area contributed by atoms with Crippen LogP contribution in [0.1, 0.15) is 11.5 Å². The summed E-state index contributed by atoms with van der Waals surface area (Å²) in [7, 11) is 1.23. The van der Waals surface area contributed by atoms with E-state index in [0.717, 1.165) is 4.57 Å². The molecule has 0 amide bonds. The minimum Gasteiger partial charge on any atom is -0.384 e. The van der Waals surface area contributed by atoms with E-state index in [1.165, 1.54) is 14.0 Å². The Morgan fingerprint density at radius 1 is 1.42 bits per heavy atom. The molecule has 3 nitrogen and oxygen atoms in total. The minimum absolute atomic E-state index is 0.0438. The summed E-state index contributed by atoms with van der Waals surface area (Å²) in [5.41, 5.74) is 5.50. The molecule has 0 aromatic carbocycles. The lowest BCUT2D eigenvalue weighted by atomic mass is 10.5. The number of hydrogen-bond donors (Lipinski definition) is 1. The quantitative estimate of drug-likeness (QED) is 0.652. The molecule has 0 aliphatic rings. The number of nitrogen functional groups attached to an aromatic ring is 1. The molecule has 0 spiro atoms. The minimum atomic E-state index is -4.43. The molecule has 0 saturated carbocycles. The highest BCUT2D eigenvalue weighted by molar-refractivity contribution is 5.37. The van der Waals surface area contributed by atoms with Crippen molar-refractivity contribution < 1.29 is 13.2 Å². The fourth-order valence-electron chi connectivity index (χ4n) is 0.901. The topological polar surface area (TPSA) is 43.8 Å². The SMILES string of the molecule is Cc1nc(C(F)(F)F)n(C)c1N. The maximum atomic E-state index is 12.1. The molecule has 68 valence electrons. The number of nitrogens with two attached hydrogens (primary N) is 1. The van der Waals surface area contributed by atoms with Crippen LogP contribution in [0.4, 0.5) is 19.0 Å². The van der Waals surface area contributed by atoms with E-state index >= 15 is 0 Å². The van der Waals surface area contributed by atoms with Crippen molar-refractivity contribution in [2.75, 3.05) is 5.73 Å². The summed E-state index contributed by atoms with van der Waals surface area (Å²) in [6, 6.07) is 0. The number of rotatable bonds is 0. The zero-order chi connectivity index (χ0) is 9.52. The zero-order valence-electron chi connectivity index (χ0n) is 6.61. The molecule has 0 unspecified atom stereocenters. The smallest absolute Gasteiger partial charge is 0.384 e. The summed E-state index contributed by atoms with van der Waals surface area (Å²) in [5, 5.41) is 0. The Labute approximate surface area is 67.0 Å². The molecule has 6 heteroatoms. The van der Waals surface area contributed by atoms with Crippen LogP contribution in [0.2, 0.25) is 0 Å². The number of halogens is 3. The summed E-state index contributed by atoms with van der Waals surface area (Å²) in [6.07, 6.45) is -4.43. The second-order valence-corrected chi connectivity index (χ2v) is 2.46. The summed E-state index contributed by atoms with van der Waals surface area (Å²) in [6.45, 7) is 1.44. The van der Waals surface area contributed by atoms with E-state index in [2.05, 4.69) is 4.98 Å². The summed E-state index contributed by atoms with van der Waals surface area (Å²) >= 11 is 0. The first-order chi connectivity index (χ1) is 5.34. The van der Waals surface area contributed by atoms with Gasteiger partial charge in [0.25, 0.3) is 0 Å². The molecule has 12 heavy (non-hydrogen) atoms. The van der Waals surface area contributed by atoms with Crippen molar-refractivity contribution in [3.8, 4) is 0 Å². The number of nitrogens with zero attached hydrogens (tertiary/aromatic N) is 2. The second-order valence-electron chi connectivity index (χ2n) is 2.46. The Morgan fingerprint density at radius 2 is 1.92 bits per heavy atom. The predicted octanol–water partition coefficient (Wildman–Crippen LogP) is 1.33. The molecular weight excluding hydrogens is 171 g/mol. The van der Waals surface area contributed by atoms with Crippen LogP contribution in [-0.2, 0) is 13.2 Å². The van der Waals surface area contributed by atoms with Gasteiger partial charge in [0.1, 0.15) is 5.82 Å². The average molecular weight is 179 g/mol. The Kier molecular flexibility index (Phi) is 1.78. The number of hydrogen-bond acceptors (Lipinski definition) is 2. The lowest BCUT2D eigenvalue weighted by Gasteiger charge is -2.05. The standard InChI is InChI=1S/C6H8F3N3/c1-3-4(10)12(2)5(11-3)6(7,8)9/h10H2,1-2H3. The van der Waals surface area contributed by atoms with Gasteiger partial charge in [-0.2, -0.15) is 13.2 Å². The maximum Gasteiger partial charge on any atom is 0.449 e. The van der Waals surface area contributed by atoms with E-state index in [-0.39, 0.29) is 11.5 Å². The number of aryl methyl sites for hydroxylation is 1. The summed E-state index contributed by atoms with van der Waals surface area (Å²) in [4.78, 5) is 3.29. The van der Waals surface area contributed by atoms with Gasteiger partial charge in [0.2, 0.25) is 5.82 Å². The molecule has 1 rings (SSSR count). The Balaban J connectivity index is 3.28. The van der Waals surface area contributed by atoms with Gasteiger partial charge in [-0.15, -0.1) is 0 Å². The fraction of sp³-hybridized carbons (Fsp3) is 0.500. The molecule has 0 aliphatic carbocycles. The van der Waals surface area contributed by atoms with Gasteiger partial charge in [-0.1, -0.05) is 0 Å². The van der Waals surface area contributed by atoms with E-state index < -0.39 is 12.0 Å². The van der Waals surface area contributed by atoms with Crippen molar-refractivity contribution in [3.05, 3.63) is 11.5 Å². The lowest BCUT2D eigenvalue weighted by molar-refractivity contribution is -0.146. The van der Waals surface area contributed by atoms with E-state index in [4.69, 9.17) is 5.73 Å². The lowest BCUT2D eigenvalue weighted by Crippen LogP contribution is -2.13. The second kappa shape index (κ2) is 2.40. The molecule has 0 aliphatic heterocycles. The highest BCUT2D eigenvalue weighted by atomic mass is 19.4. The summed E-state index contributed by atoms with van der Waals surface area (Å²) < 4.78 is 37.1. The maximum absolute atomic E-state index is 12.1. The van der Waals surface area contributed by atoms with Crippen LogP contribution in [0.25, 0.3) is 0 Å². The molecule has 0 fully saturated rings. The number of alkyl halides is 3. The first kappa shape index (κ1) is 8.89. The molecule has 0 saturated heterocycles. The summed E-state index contributed by atoms with van der Waals surface area (Å²) in [5.74, 6) is -0.917. The zero-order valence-corrected chi connectivity index (χ0v) is 6.61. The highest BCUT2D eigenvalue weighted by Gasteiger charge is 2.36. The molecule has 2 N–H and O–H groups in total. The van der Waals surface area contributed by atoms with Crippen LogP contribution in [0, 0.1) is 6.92 Å². The van der Waals surface area contributed by atoms with Crippen LogP contribution in [-0.4, -0.2) is 9.55 Å². The van der Waals surface area contributed by atoms with Crippen molar-refractivity contribution in [2.45, 2.75) is 13.1 Å². The van der Waals surface area contributed by atoms with Crippen molar-refractivity contribution >= 4 is 5.82 Å². The Hall–Kier alpha value is -1.20. The van der Waals surface area contributed by atoms with Gasteiger partial charge >= 0.3 is 6.18 Å². The first-order valence-electron chi connectivity index (χ1n) is 3.20. The van der Waals surface area contributed by atoms with E-state index in [0.29, 0.717) is 0 Å². The van der Waals surface area contributed by atoms with Gasteiger partial charge < -0.3 is 10.3 Å². The van der Waals surface area contributed by atoms with Gasteiger partial charge in [-0.05, 0) is 6.92 Å². The van der Waals surface area contributed by atoms with Crippen molar-refractivity contribution in [3.63, 3.8) is 0 Å². The van der Waals surface area contributed by atoms with E-state index in [1.807, 2.05) is 0 Å². The van der Waals surface area contributed by atoms with Crippen molar-refractivity contribution in [1.29, 1.82) is 0 Å². The predicted molar refractivity (Wildman–Crippen MR) is 37.4 cm³/mol. The monoisotopic (exact) mass is 179 g/mol. The van der Waals surface area contributed by atoms with Crippen LogP contribution in [0.15, 0.2) is 0 Å². The van der Waals surface area contributed by atoms with E-state index in [9.17, 15) is 13.2 Å². The Bertz CT molecular complexity index is 300. The Morgan fingerprint density at radius 3 is 2.08 bits per heavy atom. The molecule has 0 atom stereocenters. The first-order valence-corrected chi connectivity index (χ1v) is 3.20. The van der Waals surface area contributed by atoms with Crippen molar-refractivity contribution in [2.24, 2.45) is 7.05 Å². The third-order valence-corrected chi connectivity index (χ3v) is 1.58. The third kappa shape index (κ3) is 1.24. The normalized spacial score (nSPS) is 12.1. The molecule has 1 heterocycles. The number of aromatic nitrogens is 2. The van der Waals surface area contributed by atoms with Crippen LogP contribution in [0.3, 0.4) is 0 Å². The van der Waals surface area contributed by atoms with Crippen LogP contribution >= 0.6 is 0 Å². The van der Waals surface area contributed by atoms with Gasteiger partial charge in [0, 0.05) is 7.05 Å². The van der Waals surface area contributed by atoms with E-state index in [1.54, 1.807) is 0 Å². The largest absolute Gasteiger partial charge is 0.449 e. The molecule has 1 aromatic rings. The van der Waals surface area contributed by atoms with Crippen LogP contribution in [0.5, 0.6) is 0 Å². The van der Waals surface area contributed by atoms with Crippen molar-refractivity contribution in [1.82, 2.24) is 9.55 Å². The molecule has 1 aromatic heterocycles. The third-order valence-electron chi connectivity index (χ3n) is 1.58. The van der Waals surface area contributed by atoms with Gasteiger partial charge in [0.15, 0.2) is 0 Å². The molecular formula is C6H8F3N3. The van der Waals surface area contributed by atoms with Gasteiger partial charge in [-0.25, -0.2) is 4.98 Å². The molecule has 0 radical (unpaired) electrons. The van der Waals surface area contributed by atoms with Gasteiger partial charge in [-0.3, -0.25) is 0 Å². The number of imidazole rings is 1. The van der Waals surface area contributed by atoms with Crippen LogP contribution < -0.4 is 5.73 Å². The highest BCUT2D eigenvalue weighted by Crippen LogP contribution is 2.29. The fourth-order valence-corrected chi connectivity index (χ4v) is 0.901.